The molecule has 2 unspecified atom stereocenters. The molecule has 1 aliphatic heterocycles. The van der Waals surface area contributed by atoms with Gasteiger partial charge in [-0.1, -0.05) is 50.8 Å². The zero-order valence-corrected chi connectivity index (χ0v) is 14.0. The number of fused-ring (bicyclic) bond motifs is 1. The van der Waals surface area contributed by atoms with Gasteiger partial charge in [-0.3, -0.25) is 0 Å². The van der Waals surface area contributed by atoms with Gasteiger partial charge in [-0.2, -0.15) is 0 Å². The highest BCUT2D eigenvalue weighted by Gasteiger charge is 2.27. The van der Waals surface area contributed by atoms with Crippen LogP contribution in [0.5, 0.6) is 5.75 Å². The summed E-state index contributed by atoms with van der Waals surface area (Å²) in [6.07, 6.45) is 9.14. The second-order valence-corrected chi connectivity index (χ2v) is 6.37. The Morgan fingerprint density at radius 1 is 1.14 bits per heavy atom. The van der Waals surface area contributed by atoms with Gasteiger partial charge in [0.05, 0.1) is 0 Å². The van der Waals surface area contributed by atoms with Gasteiger partial charge in [-0.25, -0.2) is 0 Å². The van der Waals surface area contributed by atoms with E-state index < -0.39 is 0 Å². The molecule has 2 atom stereocenters. The normalized spacial score (nSPS) is 20.9. The Hall–Kier alpha value is -1.02. The Balaban J connectivity index is 2.00. The highest BCUT2D eigenvalue weighted by Crippen LogP contribution is 2.36. The number of unbranched alkanes of at least 4 members (excludes halogenated alkanes) is 3. The minimum absolute atomic E-state index is 0.381. The first-order valence-electron chi connectivity index (χ1n) is 8.75. The van der Waals surface area contributed by atoms with Crippen LogP contribution in [0.15, 0.2) is 18.2 Å². The van der Waals surface area contributed by atoms with E-state index in [1.165, 1.54) is 49.7 Å². The van der Waals surface area contributed by atoms with Crippen molar-refractivity contribution in [3.05, 3.63) is 29.3 Å². The molecule has 0 spiro atoms. The van der Waals surface area contributed by atoms with Gasteiger partial charge < -0.3 is 10.1 Å². The largest absolute Gasteiger partial charge is 0.490 e. The Bertz CT molecular complexity index is 430. The molecule has 0 saturated carbocycles. The Morgan fingerprint density at radius 2 is 2.00 bits per heavy atom. The van der Waals surface area contributed by atoms with Crippen LogP contribution in [0.4, 0.5) is 0 Å². The molecule has 1 aromatic carbocycles. The lowest BCUT2D eigenvalue weighted by atomic mass is 9.92. The van der Waals surface area contributed by atoms with Gasteiger partial charge in [0.15, 0.2) is 0 Å². The van der Waals surface area contributed by atoms with E-state index in [1.807, 2.05) is 0 Å². The molecule has 0 fully saturated rings. The maximum Gasteiger partial charge on any atom is 0.124 e. The number of benzene rings is 1. The van der Waals surface area contributed by atoms with Crippen molar-refractivity contribution in [2.45, 2.75) is 77.9 Å². The molecule has 1 aliphatic rings. The van der Waals surface area contributed by atoms with Crippen LogP contribution in [-0.2, 0) is 0 Å². The summed E-state index contributed by atoms with van der Waals surface area (Å²) >= 11 is 0. The second kappa shape index (κ2) is 8.43. The van der Waals surface area contributed by atoms with Gasteiger partial charge in [0.25, 0.3) is 0 Å². The average Bonchev–Trinajstić information content (AvgIpc) is 2.49. The number of hydrogen-bond donors (Lipinski definition) is 1. The first kappa shape index (κ1) is 16.4. The van der Waals surface area contributed by atoms with E-state index in [4.69, 9.17) is 4.74 Å². The van der Waals surface area contributed by atoms with Gasteiger partial charge in [-0.15, -0.1) is 0 Å². The van der Waals surface area contributed by atoms with Gasteiger partial charge in [0, 0.05) is 18.0 Å². The van der Waals surface area contributed by atoms with E-state index in [0.717, 1.165) is 18.7 Å². The topological polar surface area (TPSA) is 21.3 Å². The van der Waals surface area contributed by atoms with E-state index in [9.17, 15) is 0 Å². The molecule has 0 aliphatic carbocycles. The fraction of sp³-hybridized carbons (Fsp3) is 0.684. The van der Waals surface area contributed by atoms with Crippen LogP contribution in [0.1, 0.15) is 76.0 Å². The lowest BCUT2D eigenvalue weighted by molar-refractivity contribution is 0.138. The van der Waals surface area contributed by atoms with Crippen molar-refractivity contribution in [3.8, 4) is 5.75 Å². The van der Waals surface area contributed by atoms with Crippen molar-refractivity contribution in [2.75, 3.05) is 6.54 Å². The lowest BCUT2D eigenvalue weighted by Gasteiger charge is -2.33. The first-order valence-corrected chi connectivity index (χ1v) is 8.75. The number of aryl methyl sites for hydroxylation is 1. The highest BCUT2D eigenvalue weighted by atomic mass is 16.5. The molecular formula is C19H31NO. The van der Waals surface area contributed by atoms with Crippen LogP contribution in [0.25, 0.3) is 0 Å². The summed E-state index contributed by atoms with van der Waals surface area (Å²) in [6, 6.07) is 7.07. The number of nitrogens with one attached hydrogen (secondary N) is 1. The van der Waals surface area contributed by atoms with Crippen molar-refractivity contribution < 1.29 is 4.74 Å². The number of hydrogen-bond acceptors (Lipinski definition) is 2. The van der Waals surface area contributed by atoms with Crippen LogP contribution < -0.4 is 10.1 Å². The third kappa shape index (κ3) is 4.74. The minimum Gasteiger partial charge on any atom is -0.490 e. The molecule has 1 N–H and O–H groups in total. The van der Waals surface area contributed by atoms with Gasteiger partial charge in [-0.05, 0) is 38.8 Å². The summed E-state index contributed by atoms with van der Waals surface area (Å²) < 4.78 is 6.24. The van der Waals surface area contributed by atoms with Crippen LogP contribution in [0.3, 0.4) is 0 Å². The zero-order chi connectivity index (χ0) is 15.1. The quantitative estimate of drug-likeness (QED) is 0.668. The fourth-order valence-corrected chi connectivity index (χ4v) is 3.15. The molecule has 1 aromatic rings. The third-order valence-electron chi connectivity index (χ3n) is 4.35. The predicted octanol–water partition coefficient (Wildman–Crippen LogP) is 5.16. The SMILES string of the molecule is CCCCCCC1CC(NCCC)c2cc(C)ccc2O1. The summed E-state index contributed by atoms with van der Waals surface area (Å²) in [7, 11) is 0. The van der Waals surface area contributed by atoms with Gasteiger partial charge in [0.2, 0.25) is 0 Å². The number of rotatable bonds is 8. The van der Waals surface area contributed by atoms with Gasteiger partial charge in [0.1, 0.15) is 11.9 Å². The van der Waals surface area contributed by atoms with Gasteiger partial charge >= 0.3 is 0 Å². The molecule has 0 radical (unpaired) electrons. The van der Waals surface area contributed by atoms with Crippen molar-refractivity contribution in [1.29, 1.82) is 0 Å². The highest BCUT2D eigenvalue weighted by molar-refractivity contribution is 5.40. The second-order valence-electron chi connectivity index (χ2n) is 6.37. The van der Waals surface area contributed by atoms with E-state index in [0.29, 0.717) is 12.1 Å². The molecule has 2 nitrogen and oxygen atoms in total. The molecule has 0 aromatic heterocycles. The summed E-state index contributed by atoms with van der Waals surface area (Å²) in [4.78, 5) is 0. The molecule has 118 valence electrons. The fourth-order valence-electron chi connectivity index (χ4n) is 3.15. The van der Waals surface area contributed by atoms with Crippen LogP contribution in [0.2, 0.25) is 0 Å². The minimum atomic E-state index is 0.381. The average molecular weight is 289 g/mol. The Kier molecular flexibility index (Phi) is 6.56. The summed E-state index contributed by atoms with van der Waals surface area (Å²) in [6.45, 7) is 7.74. The summed E-state index contributed by atoms with van der Waals surface area (Å²) in [5, 5.41) is 3.71. The molecule has 2 rings (SSSR count). The van der Waals surface area contributed by atoms with Crippen molar-refractivity contribution in [2.24, 2.45) is 0 Å². The van der Waals surface area contributed by atoms with Crippen molar-refractivity contribution in [3.63, 3.8) is 0 Å². The zero-order valence-electron chi connectivity index (χ0n) is 14.0. The number of ether oxygens (including phenoxy) is 1. The van der Waals surface area contributed by atoms with Crippen LogP contribution in [-0.4, -0.2) is 12.6 Å². The summed E-state index contributed by atoms with van der Waals surface area (Å²) in [5.41, 5.74) is 2.68. The van der Waals surface area contributed by atoms with Crippen molar-refractivity contribution >= 4 is 0 Å². The first-order chi connectivity index (χ1) is 10.2. The molecule has 2 heteroatoms. The molecule has 21 heavy (non-hydrogen) atoms. The molecular weight excluding hydrogens is 258 g/mol. The maximum absolute atomic E-state index is 6.24. The van der Waals surface area contributed by atoms with Crippen LogP contribution in [0, 0.1) is 6.92 Å². The lowest BCUT2D eigenvalue weighted by Crippen LogP contribution is -2.33. The Labute approximate surface area is 130 Å². The smallest absolute Gasteiger partial charge is 0.124 e. The van der Waals surface area contributed by atoms with Crippen molar-refractivity contribution in [1.82, 2.24) is 5.32 Å². The molecule has 1 heterocycles. The van der Waals surface area contributed by atoms with E-state index in [-0.39, 0.29) is 0 Å². The predicted molar refractivity (Wildman–Crippen MR) is 90.0 cm³/mol. The standard InChI is InChI=1S/C19H31NO/c1-4-6-7-8-9-16-14-18(20-12-5-2)17-13-15(3)10-11-19(17)21-16/h10-11,13,16,18,20H,4-9,12,14H2,1-3H3. The third-order valence-corrected chi connectivity index (χ3v) is 4.35. The summed E-state index contributed by atoms with van der Waals surface area (Å²) in [5.74, 6) is 1.10. The maximum atomic E-state index is 6.24. The van der Waals surface area contributed by atoms with E-state index >= 15 is 0 Å². The van der Waals surface area contributed by atoms with E-state index in [1.54, 1.807) is 0 Å². The van der Waals surface area contributed by atoms with E-state index in [2.05, 4.69) is 44.3 Å². The molecule has 0 amide bonds. The molecule has 0 saturated heterocycles. The Morgan fingerprint density at radius 3 is 2.76 bits per heavy atom. The monoisotopic (exact) mass is 289 g/mol. The van der Waals surface area contributed by atoms with Crippen LogP contribution >= 0.6 is 0 Å². The molecule has 0 bridgehead atoms.